The molecule has 2 heterocycles. The average molecular weight is 323 g/mol. The molecule has 2 rings (SSSR count). The Morgan fingerprint density at radius 3 is 2.95 bits per heavy atom. The number of halogens is 1. The molecular weight excluding hydrogens is 304 g/mol. The van der Waals surface area contributed by atoms with Gasteiger partial charge in [-0.3, -0.25) is 4.98 Å². The smallest absolute Gasteiger partial charge is 0.0953 e. The summed E-state index contributed by atoms with van der Waals surface area (Å²) in [5, 5.41) is 3.39. The summed E-state index contributed by atoms with van der Waals surface area (Å²) in [6, 6.07) is 2.07. The predicted octanol–water partition coefficient (Wildman–Crippen LogP) is 2.83. The topological polar surface area (TPSA) is 42.7 Å². The van der Waals surface area contributed by atoms with Crippen LogP contribution < -0.4 is 5.32 Å². The molecule has 0 aromatic carbocycles. The van der Waals surface area contributed by atoms with Gasteiger partial charge in [-0.15, -0.1) is 0 Å². The number of nitrogens with one attached hydrogen (secondary N) is 1. The van der Waals surface area contributed by atoms with E-state index < -0.39 is 0 Å². The molecule has 0 radical (unpaired) electrons. The highest BCUT2D eigenvalue weighted by atomic mass is 79.9. The standard InChI is InChI=1S/C14H19BrN4/c1-11(2)4-16-7-14-9-19(10-18-14)8-12-3-13(15)6-17-5-12/h3,5-6,9-11,16H,4,7-8H2,1-2H3. The van der Waals surface area contributed by atoms with Crippen molar-refractivity contribution >= 4 is 15.9 Å². The molecule has 102 valence electrons. The zero-order valence-electron chi connectivity index (χ0n) is 11.3. The molecule has 0 saturated carbocycles. The van der Waals surface area contributed by atoms with Crippen LogP contribution in [-0.4, -0.2) is 21.1 Å². The number of rotatable bonds is 6. The summed E-state index contributed by atoms with van der Waals surface area (Å²) in [4.78, 5) is 8.56. The summed E-state index contributed by atoms with van der Waals surface area (Å²) in [5.74, 6) is 0.662. The lowest BCUT2D eigenvalue weighted by Crippen LogP contribution is -2.19. The van der Waals surface area contributed by atoms with E-state index in [4.69, 9.17) is 0 Å². The van der Waals surface area contributed by atoms with E-state index in [2.05, 4.69) is 61.9 Å². The largest absolute Gasteiger partial charge is 0.333 e. The second-order valence-electron chi connectivity index (χ2n) is 5.07. The Bertz CT molecular complexity index is 522. The quantitative estimate of drug-likeness (QED) is 0.889. The van der Waals surface area contributed by atoms with Gasteiger partial charge in [0.05, 0.1) is 18.6 Å². The van der Waals surface area contributed by atoms with Crippen LogP contribution in [0.4, 0.5) is 0 Å². The molecule has 0 amide bonds. The monoisotopic (exact) mass is 322 g/mol. The maximum absolute atomic E-state index is 4.40. The summed E-state index contributed by atoms with van der Waals surface area (Å²) in [6.45, 7) is 7.03. The fourth-order valence-electron chi connectivity index (χ4n) is 1.83. The number of hydrogen-bond donors (Lipinski definition) is 1. The third kappa shape index (κ3) is 4.76. The number of pyridine rings is 1. The van der Waals surface area contributed by atoms with Crippen molar-refractivity contribution < 1.29 is 0 Å². The SMILES string of the molecule is CC(C)CNCc1cn(Cc2cncc(Br)c2)cn1. The molecule has 1 N–H and O–H groups in total. The molecule has 0 unspecified atom stereocenters. The van der Waals surface area contributed by atoms with E-state index in [0.29, 0.717) is 5.92 Å². The van der Waals surface area contributed by atoms with Crippen molar-refractivity contribution in [3.63, 3.8) is 0 Å². The maximum Gasteiger partial charge on any atom is 0.0953 e. The highest BCUT2D eigenvalue weighted by molar-refractivity contribution is 9.10. The molecular formula is C14H19BrN4. The molecule has 0 bridgehead atoms. The lowest BCUT2D eigenvalue weighted by Gasteiger charge is -2.05. The Morgan fingerprint density at radius 2 is 2.21 bits per heavy atom. The van der Waals surface area contributed by atoms with E-state index in [1.165, 1.54) is 0 Å². The van der Waals surface area contributed by atoms with Crippen molar-refractivity contribution in [3.05, 3.63) is 46.7 Å². The Kier molecular flexibility index (Phi) is 5.10. The van der Waals surface area contributed by atoms with Crippen LogP contribution in [0.3, 0.4) is 0 Å². The van der Waals surface area contributed by atoms with Crippen molar-refractivity contribution in [1.29, 1.82) is 0 Å². The van der Waals surface area contributed by atoms with Crippen molar-refractivity contribution in [1.82, 2.24) is 19.9 Å². The molecule has 0 aliphatic carbocycles. The van der Waals surface area contributed by atoms with Gasteiger partial charge in [-0.05, 0) is 40.0 Å². The predicted molar refractivity (Wildman–Crippen MR) is 79.8 cm³/mol. The van der Waals surface area contributed by atoms with Crippen LogP contribution >= 0.6 is 15.9 Å². The van der Waals surface area contributed by atoms with Gasteiger partial charge < -0.3 is 9.88 Å². The fourth-order valence-corrected chi connectivity index (χ4v) is 2.24. The van der Waals surface area contributed by atoms with E-state index in [9.17, 15) is 0 Å². The lowest BCUT2D eigenvalue weighted by atomic mass is 10.2. The number of hydrogen-bond acceptors (Lipinski definition) is 3. The first-order valence-electron chi connectivity index (χ1n) is 6.44. The van der Waals surface area contributed by atoms with Gasteiger partial charge in [0.25, 0.3) is 0 Å². The molecule has 0 saturated heterocycles. The minimum atomic E-state index is 0.662. The highest BCUT2D eigenvalue weighted by Gasteiger charge is 2.01. The van der Waals surface area contributed by atoms with Crippen LogP contribution in [0, 0.1) is 5.92 Å². The molecule has 0 aliphatic heterocycles. The first-order chi connectivity index (χ1) is 9.13. The number of nitrogens with zero attached hydrogens (tertiary/aromatic N) is 3. The second-order valence-corrected chi connectivity index (χ2v) is 5.99. The van der Waals surface area contributed by atoms with Gasteiger partial charge in [-0.1, -0.05) is 13.8 Å². The van der Waals surface area contributed by atoms with Crippen LogP contribution in [0.1, 0.15) is 25.1 Å². The van der Waals surface area contributed by atoms with Gasteiger partial charge in [-0.25, -0.2) is 4.98 Å². The average Bonchev–Trinajstić information content (AvgIpc) is 2.76. The normalized spacial score (nSPS) is 11.2. The number of imidazole rings is 1. The van der Waals surface area contributed by atoms with Gasteiger partial charge in [0.2, 0.25) is 0 Å². The third-order valence-corrected chi connectivity index (χ3v) is 3.11. The molecule has 0 spiro atoms. The fraction of sp³-hybridized carbons (Fsp3) is 0.429. The Hall–Kier alpha value is -1.20. The van der Waals surface area contributed by atoms with E-state index in [1.807, 2.05) is 12.5 Å². The summed E-state index contributed by atoms with van der Waals surface area (Å²) in [7, 11) is 0. The summed E-state index contributed by atoms with van der Waals surface area (Å²) < 4.78 is 3.08. The first-order valence-corrected chi connectivity index (χ1v) is 7.23. The van der Waals surface area contributed by atoms with Crippen molar-refractivity contribution in [2.45, 2.75) is 26.9 Å². The van der Waals surface area contributed by atoms with E-state index in [-0.39, 0.29) is 0 Å². The van der Waals surface area contributed by atoms with Crippen LogP contribution in [0.25, 0.3) is 0 Å². The van der Waals surface area contributed by atoms with Gasteiger partial charge in [-0.2, -0.15) is 0 Å². The van der Waals surface area contributed by atoms with E-state index in [0.717, 1.165) is 35.4 Å². The molecule has 2 aromatic heterocycles. The van der Waals surface area contributed by atoms with Crippen LogP contribution in [0.5, 0.6) is 0 Å². The first kappa shape index (κ1) is 14.2. The van der Waals surface area contributed by atoms with Crippen molar-refractivity contribution in [3.8, 4) is 0 Å². The van der Waals surface area contributed by atoms with Crippen molar-refractivity contribution in [2.75, 3.05) is 6.54 Å². The summed E-state index contributed by atoms with van der Waals surface area (Å²) >= 11 is 3.43. The molecule has 0 aliphatic rings. The molecule has 5 heteroatoms. The van der Waals surface area contributed by atoms with Gasteiger partial charge in [0.15, 0.2) is 0 Å². The van der Waals surface area contributed by atoms with Gasteiger partial charge in [0.1, 0.15) is 0 Å². The zero-order valence-corrected chi connectivity index (χ0v) is 12.9. The molecule has 4 nitrogen and oxygen atoms in total. The van der Waals surface area contributed by atoms with Crippen LogP contribution in [0.2, 0.25) is 0 Å². The Balaban J connectivity index is 1.90. The lowest BCUT2D eigenvalue weighted by molar-refractivity contribution is 0.548. The maximum atomic E-state index is 4.40. The minimum Gasteiger partial charge on any atom is -0.333 e. The van der Waals surface area contributed by atoms with Gasteiger partial charge in [0, 0.05) is 29.6 Å². The van der Waals surface area contributed by atoms with Crippen LogP contribution in [-0.2, 0) is 13.1 Å². The zero-order chi connectivity index (χ0) is 13.7. The molecule has 2 aromatic rings. The minimum absolute atomic E-state index is 0.662. The molecule has 0 fully saturated rings. The molecule has 0 atom stereocenters. The molecule has 19 heavy (non-hydrogen) atoms. The Morgan fingerprint density at radius 1 is 1.37 bits per heavy atom. The van der Waals surface area contributed by atoms with Crippen molar-refractivity contribution in [2.24, 2.45) is 5.92 Å². The van der Waals surface area contributed by atoms with Gasteiger partial charge >= 0.3 is 0 Å². The van der Waals surface area contributed by atoms with Crippen LogP contribution in [0.15, 0.2) is 35.5 Å². The second kappa shape index (κ2) is 6.82. The van der Waals surface area contributed by atoms with E-state index in [1.54, 1.807) is 6.20 Å². The summed E-state index contributed by atoms with van der Waals surface area (Å²) in [6.07, 6.45) is 7.61. The number of aromatic nitrogens is 3. The van der Waals surface area contributed by atoms with E-state index >= 15 is 0 Å². The third-order valence-electron chi connectivity index (χ3n) is 2.67. The summed E-state index contributed by atoms with van der Waals surface area (Å²) in [5.41, 5.74) is 2.23. The Labute approximate surface area is 122 Å². The highest BCUT2D eigenvalue weighted by Crippen LogP contribution is 2.11.